The van der Waals surface area contributed by atoms with Crippen LogP contribution >= 0.6 is 0 Å². The van der Waals surface area contributed by atoms with Crippen molar-refractivity contribution >= 4 is 0 Å². The van der Waals surface area contributed by atoms with Crippen molar-refractivity contribution in [3.8, 4) is 0 Å². The summed E-state index contributed by atoms with van der Waals surface area (Å²) in [5.41, 5.74) is 4.49. The summed E-state index contributed by atoms with van der Waals surface area (Å²) in [5.74, 6) is 3.86. The third-order valence-electron chi connectivity index (χ3n) is 8.35. The smallest absolute Gasteiger partial charge is 0.123 e. The van der Waals surface area contributed by atoms with E-state index in [0.717, 1.165) is 36.9 Å². The summed E-state index contributed by atoms with van der Waals surface area (Å²) < 4.78 is 6.35. The molecule has 2 fully saturated rings. The summed E-state index contributed by atoms with van der Waals surface area (Å²) in [6, 6.07) is 10.7. The lowest BCUT2D eigenvalue weighted by molar-refractivity contribution is 0.0906. The quantitative estimate of drug-likeness (QED) is 0.513. The predicted molar refractivity (Wildman–Crippen MR) is 127 cm³/mol. The van der Waals surface area contributed by atoms with Crippen molar-refractivity contribution in [3.05, 3.63) is 70.7 Å². The van der Waals surface area contributed by atoms with Crippen molar-refractivity contribution in [2.45, 2.75) is 83.7 Å². The fourth-order valence-corrected chi connectivity index (χ4v) is 6.99. The van der Waals surface area contributed by atoms with Crippen molar-refractivity contribution in [1.82, 2.24) is 0 Å². The van der Waals surface area contributed by atoms with E-state index < -0.39 is 0 Å². The zero-order valence-corrected chi connectivity index (χ0v) is 19.1. The molecule has 1 aromatic carbocycles. The number of ether oxygens (including phenoxy) is 1. The number of rotatable bonds is 6. The van der Waals surface area contributed by atoms with Crippen LogP contribution in [-0.2, 0) is 11.2 Å². The highest BCUT2D eigenvalue weighted by Gasteiger charge is 2.47. The maximum atomic E-state index is 11.1. The summed E-state index contributed by atoms with van der Waals surface area (Å²) in [5, 5.41) is 11.1. The van der Waals surface area contributed by atoms with Crippen LogP contribution in [0, 0.1) is 23.7 Å². The standard InChI is InChI=1S/C29H38O2/c1-20(10-9-13-21-11-3-2-4-12-21)31-22-18-27-25-16-6-5-14-23(25)24-15-7-8-17-26(24)29(27)28(30)19-22/h2-4,11-12,18-20,23-24,26,29-30H,5-10,13-17H2,1H3. The number of hydrogen-bond donors (Lipinski definition) is 1. The third kappa shape index (κ3) is 4.36. The highest BCUT2D eigenvalue weighted by Crippen LogP contribution is 2.56. The van der Waals surface area contributed by atoms with Gasteiger partial charge in [-0.2, -0.15) is 0 Å². The molecule has 0 bridgehead atoms. The van der Waals surface area contributed by atoms with Gasteiger partial charge in [-0.15, -0.1) is 0 Å². The Hall–Kier alpha value is -1.96. The van der Waals surface area contributed by atoms with Gasteiger partial charge >= 0.3 is 0 Å². The first-order valence-corrected chi connectivity index (χ1v) is 12.8. The largest absolute Gasteiger partial charge is 0.512 e. The van der Waals surface area contributed by atoms with Crippen LogP contribution in [0.3, 0.4) is 0 Å². The molecule has 0 aliphatic heterocycles. The van der Waals surface area contributed by atoms with Gasteiger partial charge in [-0.1, -0.05) is 55.2 Å². The molecule has 0 radical (unpaired) electrons. The van der Waals surface area contributed by atoms with Crippen LogP contribution in [-0.4, -0.2) is 11.2 Å². The molecule has 0 spiro atoms. The molecule has 0 aromatic heterocycles. The van der Waals surface area contributed by atoms with E-state index >= 15 is 0 Å². The summed E-state index contributed by atoms with van der Waals surface area (Å²) in [4.78, 5) is 0. The fraction of sp³-hybridized carbons (Fsp3) is 0.586. The van der Waals surface area contributed by atoms with Crippen LogP contribution in [0.25, 0.3) is 0 Å². The van der Waals surface area contributed by atoms with E-state index in [-0.39, 0.29) is 12.0 Å². The van der Waals surface area contributed by atoms with Crippen LogP contribution in [0.2, 0.25) is 0 Å². The summed E-state index contributed by atoms with van der Waals surface area (Å²) in [7, 11) is 0. The SMILES string of the molecule is CC(CCCc1ccccc1)OC1=CC2=C3CCCCC3C3CCCCC3C2C(O)=C1. The van der Waals surface area contributed by atoms with Crippen molar-refractivity contribution in [1.29, 1.82) is 0 Å². The number of benzene rings is 1. The van der Waals surface area contributed by atoms with Gasteiger partial charge in [0.05, 0.1) is 6.10 Å². The lowest BCUT2D eigenvalue weighted by Crippen LogP contribution is -2.41. The zero-order chi connectivity index (χ0) is 21.2. The van der Waals surface area contributed by atoms with Crippen LogP contribution in [0.15, 0.2) is 65.1 Å². The Kier molecular flexibility index (Phi) is 6.25. The van der Waals surface area contributed by atoms with E-state index in [0.29, 0.717) is 11.7 Å². The van der Waals surface area contributed by atoms with Crippen molar-refractivity contribution < 1.29 is 9.84 Å². The molecule has 2 saturated carbocycles. The van der Waals surface area contributed by atoms with Gasteiger partial charge in [-0.05, 0) is 93.3 Å². The first kappa shape index (κ1) is 20.9. The second-order valence-electron chi connectivity index (χ2n) is 10.3. The van der Waals surface area contributed by atoms with E-state index in [1.807, 2.05) is 6.08 Å². The minimum Gasteiger partial charge on any atom is -0.512 e. The summed E-state index contributed by atoms with van der Waals surface area (Å²) in [6.07, 6.45) is 18.3. The molecule has 0 heterocycles. The molecule has 4 aliphatic rings. The van der Waals surface area contributed by atoms with Gasteiger partial charge in [0.25, 0.3) is 0 Å². The highest BCUT2D eigenvalue weighted by molar-refractivity contribution is 5.45. The summed E-state index contributed by atoms with van der Waals surface area (Å²) in [6.45, 7) is 2.17. The molecule has 5 rings (SSSR count). The Bertz CT molecular complexity index is 862. The molecule has 2 nitrogen and oxygen atoms in total. The average Bonchev–Trinajstić information content (AvgIpc) is 2.80. The molecule has 31 heavy (non-hydrogen) atoms. The fourth-order valence-electron chi connectivity index (χ4n) is 6.99. The van der Waals surface area contributed by atoms with E-state index in [4.69, 9.17) is 4.74 Å². The normalized spacial score (nSPS) is 31.0. The number of aliphatic hydroxyl groups is 1. The molecule has 1 aromatic rings. The Morgan fingerprint density at radius 1 is 0.968 bits per heavy atom. The monoisotopic (exact) mass is 418 g/mol. The molecule has 166 valence electrons. The van der Waals surface area contributed by atoms with Gasteiger partial charge in [-0.25, -0.2) is 0 Å². The molecular weight excluding hydrogens is 380 g/mol. The van der Waals surface area contributed by atoms with Gasteiger partial charge in [0.1, 0.15) is 11.5 Å². The Morgan fingerprint density at radius 2 is 1.74 bits per heavy atom. The van der Waals surface area contributed by atoms with Crippen LogP contribution in [0.1, 0.15) is 76.7 Å². The molecule has 1 N–H and O–H groups in total. The van der Waals surface area contributed by atoms with Gasteiger partial charge in [-0.3, -0.25) is 0 Å². The first-order chi connectivity index (χ1) is 15.2. The molecule has 5 atom stereocenters. The third-order valence-corrected chi connectivity index (χ3v) is 8.35. The van der Waals surface area contributed by atoms with Crippen LogP contribution < -0.4 is 0 Å². The number of fused-ring (bicyclic) bond motifs is 5. The maximum Gasteiger partial charge on any atom is 0.123 e. The Balaban J connectivity index is 1.30. The molecule has 5 unspecified atom stereocenters. The maximum absolute atomic E-state index is 11.1. The Morgan fingerprint density at radius 3 is 2.58 bits per heavy atom. The Labute approximate surface area is 188 Å². The number of allylic oxidation sites excluding steroid dienone is 4. The minimum absolute atomic E-state index is 0.161. The molecule has 4 aliphatic carbocycles. The molecule has 0 amide bonds. The van der Waals surface area contributed by atoms with E-state index in [1.165, 1.54) is 62.5 Å². The van der Waals surface area contributed by atoms with Crippen molar-refractivity contribution in [2.24, 2.45) is 23.7 Å². The number of aliphatic hydroxyl groups excluding tert-OH is 1. The predicted octanol–water partition coefficient (Wildman–Crippen LogP) is 7.68. The van der Waals surface area contributed by atoms with E-state index in [2.05, 4.69) is 43.3 Å². The zero-order valence-electron chi connectivity index (χ0n) is 19.1. The molecule has 2 heteroatoms. The lowest BCUT2D eigenvalue weighted by Gasteiger charge is -2.50. The number of hydrogen-bond acceptors (Lipinski definition) is 2. The van der Waals surface area contributed by atoms with Gasteiger partial charge in [0.15, 0.2) is 0 Å². The second kappa shape index (κ2) is 9.27. The van der Waals surface area contributed by atoms with E-state index in [1.54, 1.807) is 5.57 Å². The average molecular weight is 419 g/mol. The van der Waals surface area contributed by atoms with Crippen LogP contribution in [0.5, 0.6) is 0 Å². The molecule has 0 saturated heterocycles. The van der Waals surface area contributed by atoms with Crippen molar-refractivity contribution in [2.75, 3.05) is 0 Å². The lowest BCUT2D eigenvalue weighted by atomic mass is 9.55. The number of aryl methyl sites for hydroxylation is 1. The topological polar surface area (TPSA) is 29.5 Å². The van der Waals surface area contributed by atoms with Crippen LogP contribution in [0.4, 0.5) is 0 Å². The summed E-state index contributed by atoms with van der Waals surface area (Å²) >= 11 is 0. The highest BCUT2D eigenvalue weighted by atomic mass is 16.5. The van der Waals surface area contributed by atoms with E-state index in [9.17, 15) is 5.11 Å². The second-order valence-corrected chi connectivity index (χ2v) is 10.3. The van der Waals surface area contributed by atoms with Gasteiger partial charge < -0.3 is 9.84 Å². The molecular formula is C29H38O2. The first-order valence-electron chi connectivity index (χ1n) is 12.8. The van der Waals surface area contributed by atoms with Gasteiger partial charge in [0, 0.05) is 12.0 Å². The van der Waals surface area contributed by atoms with Gasteiger partial charge in [0.2, 0.25) is 0 Å². The minimum atomic E-state index is 0.161. The van der Waals surface area contributed by atoms with Crippen molar-refractivity contribution in [3.63, 3.8) is 0 Å².